The minimum Gasteiger partial charge on any atom is -0.483 e. The Morgan fingerprint density at radius 1 is 0.722 bits per heavy atom. The molecule has 184 valence electrons. The largest absolute Gasteiger partial charge is 0.483 e. The Morgan fingerprint density at radius 3 is 1.86 bits per heavy atom. The van der Waals surface area contributed by atoms with Crippen LogP contribution in [0.3, 0.4) is 0 Å². The van der Waals surface area contributed by atoms with E-state index in [0.717, 1.165) is 16.7 Å². The summed E-state index contributed by atoms with van der Waals surface area (Å²) in [6.45, 7) is 1.66. The fourth-order valence-electron chi connectivity index (χ4n) is 3.77. The SMILES string of the molecule is O=Cc1c(OCc2ccccc2)c(=O)ccn1CC(COCc1ccccc1)OCc1ccccc1. The Morgan fingerprint density at radius 2 is 1.28 bits per heavy atom. The predicted molar refractivity (Wildman–Crippen MR) is 138 cm³/mol. The number of nitrogens with zero attached hydrogens (tertiary/aromatic N) is 1. The van der Waals surface area contributed by atoms with E-state index in [-0.39, 0.29) is 29.6 Å². The van der Waals surface area contributed by atoms with E-state index in [4.69, 9.17) is 14.2 Å². The number of carbonyl (C=O) groups is 1. The van der Waals surface area contributed by atoms with E-state index in [1.54, 1.807) is 10.8 Å². The Kier molecular flexibility index (Phi) is 9.19. The third-order valence-corrected chi connectivity index (χ3v) is 5.65. The first kappa shape index (κ1) is 25.1. The van der Waals surface area contributed by atoms with Gasteiger partial charge in [0.25, 0.3) is 0 Å². The van der Waals surface area contributed by atoms with E-state index < -0.39 is 0 Å². The number of carbonyl (C=O) groups excluding carboxylic acids is 1. The molecule has 0 aliphatic heterocycles. The highest BCUT2D eigenvalue weighted by atomic mass is 16.5. The molecule has 36 heavy (non-hydrogen) atoms. The molecular formula is C30H29NO5. The van der Waals surface area contributed by atoms with Crippen LogP contribution in [-0.2, 0) is 35.8 Å². The predicted octanol–water partition coefficient (Wildman–Crippen LogP) is 5.04. The van der Waals surface area contributed by atoms with Gasteiger partial charge in [-0.05, 0) is 16.7 Å². The molecule has 1 atom stereocenters. The average molecular weight is 484 g/mol. The Hall–Kier alpha value is -4.00. The van der Waals surface area contributed by atoms with Gasteiger partial charge in [-0.25, -0.2) is 0 Å². The molecule has 0 saturated carbocycles. The molecule has 0 saturated heterocycles. The highest BCUT2D eigenvalue weighted by molar-refractivity contribution is 5.76. The molecule has 0 aliphatic carbocycles. The molecule has 0 aliphatic rings. The second-order valence-corrected chi connectivity index (χ2v) is 8.36. The van der Waals surface area contributed by atoms with Crippen molar-refractivity contribution in [3.8, 4) is 5.75 Å². The van der Waals surface area contributed by atoms with Gasteiger partial charge in [0.2, 0.25) is 5.43 Å². The summed E-state index contributed by atoms with van der Waals surface area (Å²) in [4.78, 5) is 24.6. The Balaban J connectivity index is 1.49. The third-order valence-electron chi connectivity index (χ3n) is 5.65. The quantitative estimate of drug-likeness (QED) is 0.249. The van der Waals surface area contributed by atoms with Gasteiger partial charge < -0.3 is 18.8 Å². The van der Waals surface area contributed by atoms with Crippen LogP contribution in [0.5, 0.6) is 5.75 Å². The van der Waals surface area contributed by atoms with Crippen molar-refractivity contribution in [3.63, 3.8) is 0 Å². The maximum Gasteiger partial charge on any atom is 0.224 e. The lowest BCUT2D eigenvalue weighted by Gasteiger charge is -2.22. The molecule has 3 aromatic carbocycles. The molecule has 0 fully saturated rings. The Bertz CT molecular complexity index is 1270. The number of hydrogen-bond acceptors (Lipinski definition) is 5. The van der Waals surface area contributed by atoms with Crippen molar-refractivity contribution in [2.75, 3.05) is 6.61 Å². The van der Waals surface area contributed by atoms with Crippen LogP contribution < -0.4 is 10.2 Å². The summed E-state index contributed by atoms with van der Waals surface area (Å²) in [5, 5.41) is 0. The van der Waals surface area contributed by atoms with Crippen LogP contribution in [0.4, 0.5) is 0 Å². The van der Waals surface area contributed by atoms with Gasteiger partial charge in [0.05, 0.1) is 32.5 Å². The van der Waals surface area contributed by atoms with Crippen LogP contribution in [0.15, 0.2) is 108 Å². The maximum atomic E-state index is 12.5. The molecule has 0 N–H and O–H groups in total. The van der Waals surface area contributed by atoms with Crippen molar-refractivity contribution >= 4 is 6.29 Å². The molecule has 1 aromatic heterocycles. The molecule has 0 radical (unpaired) electrons. The normalized spacial score (nSPS) is 11.7. The molecule has 1 heterocycles. The van der Waals surface area contributed by atoms with Crippen molar-refractivity contribution < 1.29 is 19.0 Å². The van der Waals surface area contributed by atoms with Gasteiger partial charge in [-0.1, -0.05) is 91.0 Å². The molecule has 0 amide bonds. The van der Waals surface area contributed by atoms with Crippen LogP contribution in [0.25, 0.3) is 0 Å². The molecule has 4 aromatic rings. The second kappa shape index (κ2) is 13.2. The number of ether oxygens (including phenoxy) is 3. The van der Waals surface area contributed by atoms with E-state index >= 15 is 0 Å². The summed E-state index contributed by atoms with van der Waals surface area (Å²) in [6, 6.07) is 30.7. The van der Waals surface area contributed by atoms with Crippen molar-refractivity contribution in [2.24, 2.45) is 0 Å². The monoisotopic (exact) mass is 483 g/mol. The minimum atomic E-state index is -0.364. The third kappa shape index (κ3) is 7.25. The van der Waals surface area contributed by atoms with Crippen LogP contribution in [0, 0.1) is 0 Å². The topological polar surface area (TPSA) is 66.8 Å². The fourth-order valence-corrected chi connectivity index (χ4v) is 3.77. The van der Waals surface area contributed by atoms with E-state index in [1.807, 2.05) is 91.0 Å². The second-order valence-electron chi connectivity index (χ2n) is 8.36. The fraction of sp³-hybridized carbons (Fsp3) is 0.200. The minimum absolute atomic E-state index is 0.0309. The number of pyridine rings is 1. The van der Waals surface area contributed by atoms with Gasteiger partial charge in [0.15, 0.2) is 12.0 Å². The summed E-state index contributed by atoms with van der Waals surface area (Å²) in [5.41, 5.74) is 2.84. The van der Waals surface area contributed by atoms with Gasteiger partial charge >= 0.3 is 0 Å². The van der Waals surface area contributed by atoms with Crippen LogP contribution >= 0.6 is 0 Å². The van der Waals surface area contributed by atoms with Crippen LogP contribution in [0.2, 0.25) is 0 Å². The molecule has 6 heteroatoms. The smallest absolute Gasteiger partial charge is 0.224 e. The number of rotatable bonds is 13. The van der Waals surface area contributed by atoms with E-state index in [0.29, 0.717) is 32.7 Å². The van der Waals surface area contributed by atoms with E-state index in [2.05, 4.69) is 0 Å². The summed E-state index contributed by atoms with van der Waals surface area (Å²) in [6.07, 6.45) is 1.88. The van der Waals surface area contributed by atoms with Gasteiger partial charge in [0, 0.05) is 12.3 Å². The van der Waals surface area contributed by atoms with Crippen LogP contribution in [0.1, 0.15) is 27.2 Å². The first-order chi connectivity index (χ1) is 17.7. The first-order valence-electron chi connectivity index (χ1n) is 11.9. The van der Waals surface area contributed by atoms with E-state index in [1.165, 1.54) is 6.07 Å². The highest BCUT2D eigenvalue weighted by Gasteiger charge is 2.17. The zero-order valence-corrected chi connectivity index (χ0v) is 20.0. The first-order valence-corrected chi connectivity index (χ1v) is 11.9. The van der Waals surface area contributed by atoms with Gasteiger partial charge in [0.1, 0.15) is 12.3 Å². The zero-order valence-electron chi connectivity index (χ0n) is 20.0. The van der Waals surface area contributed by atoms with Crippen molar-refractivity contribution in [1.82, 2.24) is 4.57 Å². The standard InChI is InChI=1S/C30H29NO5/c32-19-28-30(36-22-26-14-8-3-9-15-26)29(33)16-17-31(28)18-27(35-21-25-12-6-2-7-13-25)23-34-20-24-10-4-1-5-11-24/h1-17,19,27H,18,20-23H2. The summed E-state index contributed by atoms with van der Waals surface area (Å²) < 4.78 is 19.6. The lowest BCUT2D eigenvalue weighted by atomic mass is 10.2. The van der Waals surface area contributed by atoms with Gasteiger partial charge in [-0.15, -0.1) is 0 Å². The summed E-state index contributed by atoms with van der Waals surface area (Å²) in [7, 11) is 0. The molecule has 1 unspecified atom stereocenters. The summed E-state index contributed by atoms with van der Waals surface area (Å²) in [5.74, 6) is 0.0309. The number of benzene rings is 3. The Labute approximate surface area is 210 Å². The van der Waals surface area contributed by atoms with E-state index in [9.17, 15) is 9.59 Å². The van der Waals surface area contributed by atoms with Crippen molar-refractivity contribution in [2.45, 2.75) is 32.5 Å². The molecule has 0 spiro atoms. The van der Waals surface area contributed by atoms with Crippen LogP contribution in [-0.4, -0.2) is 23.6 Å². The zero-order chi connectivity index (χ0) is 25.0. The lowest BCUT2D eigenvalue weighted by Crippen LogP contribution is -2.28. The number of hydrogen-bond donors (Lipinski definition) is 0. The average Bonchev–Trinajstić information content (AvgIpc) is 2.93. The van der Waals surface area contributed by atoms with Crippen molar-refractivity contribution in [3.05, 3.63) is 136 Å². The molecular weight excluding hydrogens is 454 g/mol. The number of aldehydes is 1. The number of aromatic nitrogens is 1. The maximum absolute atomic E-state index is 12.5. The van der Waals surface area contributed by atoms with Gasteiger partial charge in [-0.2, -0.15) is 0 Å². The van der Waals surface area contributed by atoms with Gasteiger partial charge in [-0.3, -0.25) is 9.59 Å². The lowest BCUT2D eigenvalue weighted by molar-refractivity contribution is -0.0375. The summed E-state index contributed by atoms with van der Waals surface area (Å²) >= 11 is 0. The molecule has 0 bridgehead atoms. The van der Waals surface area contributed by atoms with Crippen molar-refractivity contribution in [1.29, 1.82) is 0 Å². The molecule has 6 nitrogen and oxygen atoms in total. The highest BCUT2D eigenvalue weighted by Crippen LogP contribution is 2.16. The molecule has 4 rings (SSSR count).